The van der Waals surface area contributed by atoms with Crippen molar-refractivity contribution in [1.82, 2.24) is 4.90 Å². The molecule has 7 nitrogen and oxygen atoms in total. The lowest BCUT2D eigenvalue weighted by Crippen LogP contribution is -2.31. The average molecular weight is 446 g/mol. The highest BCUT2D eigenvalue weighted by atomic mass is 35.5. The van der Waals surface area contributed by atoms with Crippen molar-refractivity contribution in [3.05, 3.63) is 64.2 Å². The molecular weight excluding hydrogens is 422 g/mol. The van der Waals surface area contributed by atoms with Crippen LogP contribution in [0.4, 0.5) is 0 Å². The second-order valence-corrected chi connectivity index (χ2v) is 7.44. The first kappa shape index (κ1) is 22.7. The molecule has 1 fully saturated rings. The van der Waals surface area contributed by atoms with Gasteiger partial charge in [0.15, 0.2) is 11.5 Å². The van der Waals surface area contributed by atoms with E-state index in [1.807, 2.05) is 0 Å². The van der Waals surface area contributed by atoms with Gasteiger partial charge in [-0.1, -0.05) is 17.7 Å². The van der Waals surface area contributed by atoms with Gasteiger partial charge in [0.2, 0.25) is 0 Å². The summed E-state index contributed by atoms with van der Waals surface area (Å²) in [7, 11) is 1.56. The number of methoxy groups -OCH3 is 1. The Labute approximate surface area is 185 Å². The number of benzene rings is 2. The molecule has 1 atom stereocenters. The van der Waals surface area contributed by atoms with Gasteiger partial charge in [0.25, 0.3) is 11.7 Å². The van der Waals surface area contributed by atoms with Gasteiger partial charge in [-0.3, -0.25) is 9.59 Å². The first-order valence-electron chi connectivity index (χ1n) is 9.88. The quantitative estimate of drug-likeness (QED) is 0.277. The highest BCUT2D eigenvalue weighted by Crippen LogP contribution is 2.41. The summed E-state index contributed by atoms with van der Waals surface area (Å²) >= 11 is 5.93. The van der Waals surface area contributed by atoms with Crippen molar-refractivity contribution >= 4 is 29.1 Å². The number of aliphatic hydroxyl groups is 1. The van der Waals surface area contributed by atoms with Gasteiger partial charge in [-0.05, 0) is 55.3 Å². The van der Waals surface area contributed by atoms with Crippen molar-refractivity contribution in [1.29, 1.82) is 0 Å². The van der Waals surface area contributed by atoms with E-state index >= 15 is 0 Å². The molecule has 1 aliphatic rings. The molecule has 8 heteroatoms. The summed E-state index contributed by atoms with van der Waals surface area (Å²) in [5.41, 5.74) is 0.874. The van der Waals surface area contributed by atoms with Crippen LogP contribution in [0.15, 0.2) is 48.0 Å². The van der Waals surface area contributed by atoms with Crippen LogP contribution in [-0.4, -0.2) is 53.7 Å². The summed E-state index contributed by atoms with van der Waals surface area (Å²) in [6.45, 7) is 2.78. The molecule has 1 heterocycles. The third-order valence-electron chi connectivity index (χ3n) is 5.00. The predicted octanol–water partition coefficient (Wildman–Crippen LogP) is 3.90. The maximum absolute atomic E-state index is 12.9. The largest absolute Gasteiger partial charge is 0.507 e. The number of ketones is 1. The van der Waals surface area contributed by atoms with E-state index < -0.39 is 17.7 Å². The molecule has 2 N–H and O–H groups in total. The molecular formula is C23H24ClNO6. The first-order chi connectivity index (χ1) is 14.9. The van der Waals surface area contributed by atoms with Crippen molar-refractivity contribution in [2.24, 2.45) is 0 Å². The van der Waals surface area contributed by atoms with Crippen LogP contribution in [0.25, 0.3) is 5.76 Å². The molecule has 2 aromatic rings. The van der Waals surface area contributed by atoms with E-state index in [0.717, 1.165) is 0 Å². The number of likely N-dealkylation sites (tertiary alicyclic amines) is 1. The van der Waals surface area contributed by atoms with E-state index in [0.29, 0.717) is 35.8 Å². The number of halogens is 1. The third kappa shape index (κ3) is 4.68. The van der Waals surface area contributed by atoms with Gasteiger partial charge in [-0.25, -0.2) is 0 Å². The number of aromatic hydroxyl groups is 1. The standard InChI is InChI=1S/C23H24ClNO6/c1-3-31-18-13-15(7-10-17(18)26)20-19(21(27)14-5-8-16(24)9-6-14)22(28)23(29)25(20)11-4-12-30-2/h5-10,13,20,26-27H,3-4,11-12H2,1-2H3/b21-19+. The third-order valence-corrected chi connectivity index (χ3v) is 5.26. The Morgan fingerprint density at radius 3 is 2.52 bits per heavy atom. The van der Waals surface area contributed by atoms with Gasteiger partial charge in [-0.15, -0.1) is 0 Å². The Hall–Kier alpha value is -3.03. The number of ether oxygens (including phenoxy) is 2. The molecule has 0 saturated carbocycles. The van der Waals surface area contributed by atoms with Crippen LogP contribution in [-0.2, 0) is 14.3 Å². The molecule has 0 bridgehead atoms. The number of Topliss-reactive ketones (excluding diaryl/α,β-unsaturated/α-hetero) is 1. The van der Waals surface area contributed by atoms with Crippen LogP contribution in [0.2, 0.25) is 5.02 Å². The summed E-state index contributed by atoms with van der Waals surface area (Å²) in [4.78, 5) is 27.2. The van der Waals surface area contributed by atoms with Crippen molar-refractivity contribution in [2.75, 3.05) is 26.9 Å². The highest BCUT2D eigenvalue weighted by Gasteiger charge is 2.46. The van der Waals surface area contributed by atoms with Gasteiger partial charge < -0.3 is 24.6 Å². The predicted molar refractivity (Wildman–Crippen MR) is 116 cm³/mol. The number of nitrogens with zero attached hydrogens (tertiary/aromatic N) is 1. The average Bonchev–Trinajstić information content (AvgIpc) is 3.01. The summed E-state index contributed by atoms with van der Waals surface area (Å²) in [5.74, 6) is -1.60. The molecule has 0 radical (unpaired) electrons. The van der Waals surface area contributed by atoms with E-state index in [1.54, 1.807) is 50.4 Å². The SMILES string of the molecule is CCOc1cc(C2/C(=C(\O)c3ccc(Cl)cc3)C(=O)C(=O)N2CCCOC)ccc1O. The fourth-order valence-electron chi connectivity index (χ4n) is 3.57. The number of amides is 1. The smallest absolute Gasteiger partial charge is 0.295 e. The minimum absolute atomic E-state index is 0.0297. The lowest BCUT2D eigenvalue weighted by atomic mass is 9.95. The van der Waals surface area contributed by atoms with Gasteiger partial charge in [-0.2, -0.15) is 0 Å². The van der Waals surface area contributed by atoms with Crippen molar-refractivity contribution < 1.29 is 29.3 Å². The van der Waals surface area contributed by atoms with E-state index in [2.05, 4.69) is 0 Å². The lowest BCUT2D eigenvalue weighted by Gasteiger charge is -2.25. The summed E-state index contributed by atoms with van der Waals surface area (Å²) in [6, 6.07) is 10.1. The van der Waals surface area contributed by atoms with Gasteiger partial charge >= 0.3 is 0 Å². The zero-order valence-electron chi connectivity index (χ0n) is 17.3. The monoisotopic (exact) mass is 445 g/mol. The van der Waals surface area contributed by atoms with Gasteiger partial charge in [0, 0.05) is 30.8 Å². The van der Waals surface area contributed by atoms with Crippen molar-refractivity contribution in [3.63, 3.8) is 0 Å². The zero-order chi connectivity index (χ0) is 22.5. The number of phenolic OH excluding ortho intramolecular Hbond substituents is 1. The minimum Gasteiger partial charge on any atom is -0.507 e. The van der Waals surface area contributed by atoms with Crippen LogP contribution >= 0.6 is 11.6 Å². The van der Waals surface area contributed by atoms with Gasteiger partial charge in [0.1, 0.15) is 5.76 Å². The summed E-state index contributed by atoms with van der Waals surface area (Å²) < 4.78 is 10.5. The molecule has 164 valence electrons. The number of carbonyl (C=O) groups excluding carboxylic acids is 2. The molecule has 1 unspecified atom stereocenters. The molecule has 31 heavy (non-hydrogen) atoms. The number of hydrogen-bond acceptors (Lipinski definition) is 6. The highest BCUT2D eigenvalue weighted by molar-refractivity contribution is 6.46. The molecule has 0 aromatic heterocycles. The van der Waals surface area contributed by atoms with Crippen molar-refractivity contribution in [2.45, 2.75) is 19.4 Å². The maximum Gasteiger partial charge on any atom is 0.295 e. The fourth-order valence-corrected chi connectivity index (χ4v) is 3.70. The van der Waals surface area contributed by atoms with Crippen LogP contribution in [0.3, 0.4) is 0 Å². The molecule has 1 amide bonds. The Bertz CT molecular complexity index is 1000. The molecule has 3 rings (SSSR count). The second kappa shape index (κ2) is 9.85. The molecule has 1 saturated heterocycles. The number of rotatable bonds is 8. The number of hydrogen-bond donors (Lipinski definition) is 2. The minimum atomic E-state index is -0.840. The van der Waals surface area contributed by atoms with Crippen LogP contribution in [0.1, 0.15) is 30.5 Å². The van der Waals surface area contributed by atoms with Crippen LogP contribution < -0.4 is 4.74 Å². The van der Waals surface area contributed by atoms with E-state index in [4.69, 9.17) is 21.1 Å². The second-order valence-electron chi connectivity index (χ2n) is 7.01. The van der Waals surface area contributed by atoms with Gasteiger partial charge in [0.05, 0.1) is 18.2 Å². The Kier molecular flexibility index (Phi) is 7.20. The van der Waals surface area contributed by atoms with Crippen molar-refractivity contribution in [3.8, 4) is 11.5 Å². The molecule has 0 spiro atoms. The van der Waals surface area contributed by atoms with Crippen LogP contribution in [0.5, 0.6) is 11.5 Å². The fraction of sp³-hybridized carbons (Fsp3) is 0.304. The number of aliphatic hydroxyl groups excluding tert-OH is 1. The lowest BCUT2D eigenvalue weighted by molar-refractivity contribution is -0.140. The topological polar surface area (TPSA) is 96.3 Å². The Morgan fingerprint density at radius 1 is 1.16 bits per heavy atom. The summed E-state index contributed by atoms with van der Waals surface area (Å²) in [6.07, 6.45) is 0.511. The van der Waals surface area contributed by atoms with E-state index in [9.17, 15) is 19.8 Å². The Balaban J connectivity index is 2.14. The molecule has 2 aromatic carbocycles. The Morgan fingerprint density at radius 2 is 1.87 bits per heavy atom. The molecule has 0 aliphatic carbocycles. The zero-order valence-corrected chi connectivity index (χ0v) is 18.1. The maximum atomic E-state index is 12.9. The number of phenols is 1. The van der Waals surface area contributed by atoms with Crippen LogP contribution in [0, 0.1) is 0 Å². The number of carbonyl (C=O) groups is 2. The van der Waals surface area contributed by atoms with E-state index in [-0.39, 0.29) is 29.4 Å². The normalized spacial score (nSPS) is 17.9. The molecule has 1 aliphatic heterocycles. The first-order valence-corrected chi connectivity index (χ1v) is 10.3. The van der Waals surface area contributed by atoms with E-state index in [1.165, 1.54) is 11.0 Å². The summed E-state index contributed by atoms with van der Waals surface area (Å²) in [5, 5.41) is 21.5.